The van der Waals surface area contributed by atoms with E-state index in [1.54, 1.807) is 6.08 Å². The van der Waals surface area contributed by atoms with Gasteiger partial charge in [0.05, 0.1) is 30.3 Å². The second kappa shape index (κ2) is 10.8. The van der Waals surface area contributed by atoms with Gasteiger partial charge in [0.25, 0.3) is 0 Å². The van der Waals surface area contributed by atoms with Crippen LogP contribution >= 0.6 is 31.9 Å². The largest absolute Gasteiger partial charge is 0.468 e. The molecule has 0 saturated heterocycles. The van der Waals surface area contributed by atoms with E-state index in [0.717, 1.165) is 0 Å². The number of halogens is 2. The maximum absolute atomic E-state index is 12.3. The minimum Gasteiger partial charge on any atom is -0.468 e. The Balaban J connectivity index is 5.65. The summed E-state index contributed by atoms with van der Waals surface area (Å²) < 4.78 is 15.8. The van der Waals surface area contributed by atoms with Gasteiger partial charge in [-0.05, 0) is 57.2 Å². The van der Waals surface area contributed by atoms with E-state index in [2.05, 4.69) is 45.0 Å². The summed E-state index contributed by atoms with van der Waals surface area (Å²) in [5.74, 6) is -1.36. The molecular formula is C16H22Br2O5. The molecule has 7 heteroatoms. The second-order valence-electron chi connectivity index (χ2n) is 4.85. The maximum Gasteiger partial charge on any atom is 0.323 e. The third kappa shape index (κ3) is 6.24. The van der Waals surface area contributed by atoms with Crippen molar-refractivity contribution in [1.82, 2.24) is 0 Å². The molecule has 0 spiro atoms. The summed E-state index contributed by atoms with van der Waals surface area (Å²) in [5, 5.41) is 0. The predicted molar refractivity (Wildman–Crippen MR) is 96.4 cm³/mol. The van der Waals surface area contributed by atoms with E-state index in [9.17, 15) is 9.59 Å². The summed E-state index contributed by atoms with van der Waals surface area (Å²) in [6.45, 7) is 9.30. The number of methoxy groups -OCH3 is 2. The molecule has 0 bridgehead atoms. The number of hydrogen-bond acceptors (Lipinski definition) is 5. The lowest BCUT2D eigenvalue weighted by atomic mass is 9.78. The number of carbonyl (C=O) groups is 2. The zero-order chi connectivity index (χ0) is 18.0. The van der Waals surface area contributed by atoms with Gasteiger partial charge in [-0.1, -0.05) is 12.2 Å². The van der Waals surface area contributed by atoms with Crippen LogP contribution in [-0.2, 0) is 23.8 Å². The van der Waals surface area contributed by atoms with Crippen molar-refractivity contribution in [3.63, 3.8) is 0 Å². The first-order valence-corrected chi connectivity index (χ1v) is 8.42. The fraction of sp³-hybridized carbons (Fsp3) is 0.500. The molecular weight excluding hydrogens is 432 g/mol. The van der Waals surface area contributed by atoms with Crippen LogP contribution in [0, 0.1) is 5.41 Å². The van der Waals surface area contributed by atoms with Gasteiger partial charge in [-0.15, -0.1) is 13.2 Å². The van der Waals surface area contributed by atoms with Crippen LogP contribution in [0.1, 0.15) is 19.8 Å². The lowest BCUT2D eigenvalue weighted by Crippen LogP contribution is -2.41. The number of esters is 2. The monoisotopic (exact) mass is 452 g/mol. The topological polar surface area (TPSA) is 61.8 Å². The van der Waals surface area contributed by atoms with Crippen molar-refractivity contribution in [2.45, 2.75) is 25.9 Å². The highest BCUT2D eigenvalue weighted by Crippen LogP contribution is 2.37. The number of rotatable bonds is 10. The highest BCUT2D eigenvalue weighted by atomic mass is 79.9. The van der Waals surface area contributed by atoms with Crippen LogP contribution in [0.4, 0.5) is 0 Å². The summed E-state index contributed by atoms with van der Waals surface area (Å²) in [5.41, 5.74) is -0.829. The molecule has 0 aliphatic heterocycles. The maximum atomic E-state index is 12.3. The molecule has 23 heavy (non-hydrogen) atoms. The van der Waals surface area contributed by atoms with Gasteiger partial charge in [-0.3, -0.25) is 9.59 Å². The summed E-state index contributed by atoms with van der Waals surface area (Å²) >= 11 is 6.64. The average molecular weight is 454 g/mol. The molecule has 0 radical (unpaired) electrons. The van der Waals surface area contributed by atoms with Crippen LogP contribution in [0.15, 0.2) is 34.3 Å². The van der Waals surface area contributed by atoms with Crippen LogP contribution in [0.25, 0.3) is 0 Å². The van der Waals surface area contributed by atoms with Crippen molar-refractivity contribution < 1.29 is 23.8 Å². The Morgan fingerprint density at radius 2 is 1.70 bits per heavy atom. The minimum atomic E-state index is -1.51. The van der Waals surface area contributed by atoms with Crippen molar-refractivity contribution in [1.29, 1.82) is 0 Å². The van der Waals surface area contributed by atoms with Crippen LogP contribution in [0.5, 0.6) is 0 Å². The van der Waals surface area contributed by atoms with Gasteiger partial charge in [-0.2, -0.15) is 0 Å². The van der Waals surface area contributed by atoms with Crippen LogP contribution in [-0.4, -0.2) is 38.9 Å². The van der Waals surface area contributed by atoms with Crippen LogP contribution < -0.4 is 0 Å². The molecule has 1 atom stereocenters. The van der Waals surface area contributed by atoms with Crippen molar-refractivity contribution in [3.8, 4) is 0 Å². The van der Waals surface area contributed by atoms with E-state index in [1.165, 1.54) is 20.3 Å². The molecule has 0 rings (SSSR count). The highest BCUT2D eigenvalue weighted by Gasteiger charge is 2.48. The minimum absolute atomic E-state index is 0.0636. The summed E-state index contributed by atoms with van der Waals surface area (Å²) in [7, 11) is 2.46. The average Bonchev–Trinajstić information content (AvgIpc) is 2.55. The molecule has 0 N–H and O–H groups in total. The summed E-state index contributed by atoms with van der Waals surface area (Å²) in [6.07, 6.45) is 3.11. The van der Waals surface area contributed by atoms with Crippen molar-refractivity contribution in [2.75, 3.05) is 20.8 Å². The molecule has 0 unspecified atom stereocenters. The Morgan fingerprint density at radius 1 is 1.17 bits per heavy atom. The first kappa shape index (κ1) is 22.1. The molecule has 0 aromatic carbocycles. The van der Waals surface area contributed by atoms with Crippen molar-refractivity contribution >= 4 is 43.8 Å². The Labute approximate surface area is 154 Å². The number of hydrogen-bond donors (Lipinski definition) is 0. The number of carbonyl (C=O) groups excluding carboxylic acids is 2. The molecule has 0 aliphatic rings. The van der Waals surface area contributed by atoms with Gasteiger partial charge in [0.15, 0.2) is 5.41 Å². The SMILES string of the molecule is C=CCC(CC(CO[C@@H](C)C=C)=C(Br)Br)(C(=O)OC)C(=O)OC. The smallest absolute Gasteiger partial charge is 0.323 e. The lowest BCUT2D eigenvalue weighted by molar-refractivity contribution is -0.169. The summed E-state index contributed by atoms with van der Waals surface area (Å²) in [6, 6.07) is 0. The lowest BCUT2D eigenvalue weighted by Gasteiger charge is -2.28. The standard InChI is InChI=1S/C16H22Br2O5/c1-6-8-16(14(19)21-4,15(20)22-5)9-12(13(17)18)10-23-11(3)7-2/h6-7,11H,1-2,8-10H2,3-5H3/t11-/m0/s1. The van der Waals surface area contributed by atoms with E-state index >= 15 is 0 Å². The summed E-state index contributed by atoms with van der Waals surface area (Å²) in [4.78, 5) is 24.6. The van der Waals surface area contributed by atoms with E-state index in [0.29, 0.717) is 8.96 Å². The molecule has 0 heterocycles. The van der Waals surface area contributed by atoms with E-state index in [1.807, 2.05) is 6.92 Å². The third-order valence-corrected chi connectivity index (χ3v) is 4.40. The number of allylic oxidation sites excluding steroid dienone is 1. The van der Waals surface area contributed by atoms with Gasteiger partial charge in [0.2, 0.25) is 0 Å². The van der Waals surface area contributed by atoms with Crippen molar-refractivity contribution in [2.24, 2.45) is 5.41 Å². The van der Waals surface area contributed by atoms with E-state index < -0.39 is 17.4 Å². The fourth-order valence-electron chi connectivity index (χ4n) is 1.94. The first-order chi connectivity index (χ1) is 10.8. The van der Waals surface area contributed by atoms with Crippen LogP contribution in [0.2, 0.25) is 0 Å². The molecule has 0 aliphatic carbocycles. The Hall–Kier alpha value is -0.920. The Bertz CT molecular complexity index is 465. The zero-order valence-corrected chi connectivity index (χ0v) is 16.7. The Morgan fingerprint density at radius 3 is 2.04 bits per heavy atom. The number of ether oxygens (including phenoxy) is 3. The van der Waals surface area contributed by atoms with Gasteiger partial charge in [0, 0.05) is 0 Å². The fourth-order valence-corrected chi connectivity index (χ4v) is 2.45. The quantitative estimate of drug-likeness (QED) is 0.285. The van der Waals surface area contributed by atoms with Gasteiger partial charge in [0.1, 0.15) is 0 Å². The molecule has 5 nitrogen and oxygen atoms in total. The van der Waals surface area contributed by atoms with Gasteiger partial charge < -0.3 is 14.2 Å². The van der Waals surface area contributed by atoms with E-state index in [4.69, 9.17) is 14.2 Å². The predicted octanol–water partition coefficient (Wildman–Crippen LogP) is 3.88. The van der Waals surface area contributed by atoms with Crippen LogP contribution in [0.3, 0.4) is 0 Å². The molecule has 0 aromatic rings. The normalized spacial score (nSPS) is 12.0. The molecule has 0 fully saturated rings. The zero-order valence-electron chi connectivity index (χ0n) is 13.6. The molecule has 0 amide bonds. The van der Waals surface area contributed by atoms with E-state index in [-0.39, 0.29) is 25.6 Å². The second-order valence-corrected chi connectivity index (χ2v) is 7.50. The Kier molecular flexibility index (Phi) is 10.3. The van der Waals surface area contributed by atoms with Gasteiger partial charge in [-0.25, -0.2) is 0 Å². The molecule has 0 aromatic heterocycles. The highest BCUT2D eigenvalue weighted by molar-refractivity contribution is 9.28. The molecule has 130 valence electrons. The van der Waals surface area contributed by atoms with Gasteiger partial charge >= 0.3 is 11.9 Å². The molecule has 0 saturated carbocycles. The first-order valence-electron chi connectivity index (χ1n) is 6.83. The third-order valence-electron chi connectivity index (χ3n) is 3.28. The van der Waals surface area contributed by atoms with Crippen molar-refractivity contribution in [3.05, 3.63) is 34.3 Å².